The smallest absolute Gasteiger partial charge is 0.0623 e. The molecular formula is C15H30N2O. The molecule has 0 amide bonds. The minimum Gasteiger partial charge on any atom is -0.394 e. The molecule has 0 aromatic carbocycles. The van der Waals surface area contributed by atoms with Crippen LogP contribution in [0.4, 0.5) is 0 Å². The largest absolute Gasteiger partial charge is 0.394 e. The Kier molecular flexibility index (Phi) is 4.68. The van der Waals surface area contributed by atoms with Gasteiger partial charge < -0.3 is 15.3 Å². The normalized spacial score (nSPS) is 34.2. The van der Waals surface area contributed by atoms with E-state index < -0.39 is 0 Å². The quantitative estimate of drug-likeness (QED) is 0.726. The molecule has 0 spiro atoms. The van der Waals surface area contributed by atoms with Gasteiger partial charge in [-0.25, -0.2) is 0 Å². The Morgan fingerprint density at radius 1 is 1.33 bits per heavy atom. The highest BCUT2D eigenvalue weighted by Gasteiger charge is 2.40. The first-order valence-electron chi connectivity index (χ1n) is 7.60. The minimum absolute atomic E-state index is 0.152. The number of aliphatic hydroxyl groups is 1. The van der Waals surface area contributed by atoms with Crippen molar-refractivity contribution in [1.82, 2.24) is 10.2 Å². The summed E-state index contributed by atoms with van der Waals surface area (Å²) < 4.78 is 0. The SMILES string of the molecule is CCNC(C)(CO)CN(C)CC1CC2CCC1C2. The maximum Gasteiger partial charge on any atom is 0.0623 e. The number of rotatable bonds is 7. The standard InChI is InChI=1S/C15H30N2O/c1-4-16-15(2,11-18)10-17(3)9-14-8-12-5-6-13(14)7-12/h12-14,16,18H,4-11H2,1-3H3. The van der Waals surface area contributed by atoms with Gasteiger partial charge in [-0.15, -0.1) is 0 Å². The van der Waals surface area contributed by atoms with E-state index in [0.29, 0.717) is 0 Å². The second-order valence-corrected chi connectivity index (χ2v) is 6.88. The lowest BCUT2D eigenvalue weighted by atomic mass is 9.88. The third-order valence-electron chi connectivity index (χ3n) is 5.00. The monoisotopic (exact) mass is 254 g/mol. The van der Waals surface area contributed by atoms with Crippen LogP contribution in [0.2, 0.25) is 0 Å². The molecule has 3 heteroatoms. The average Bonchev–Trinajstić information content (AvgIpc) is 2.91. The first-order chi connectivity index (χ1) is 8.56. The number of fused-ring (bicyclic) bond motifs is 2. The summed E-state index contributed by atoms with van der Waals surface area (Å²) >= 11 is 0. The molecule has 0 radical (unpaired) electrons. The van der Waals surface area contributed by atoms with Gasteiger partial charge >= 0.3 is 0 Å². The topological polar surface area (TPSA) is 35.5 Å². The molecule has 2 rings (SSSR count). The molecule has 4 atom stereocenters. The van der Waals surface area contributed by atoms with E-state index in [4.69, 9.17) is 0 Å². The third kappa shape index (κ3) is 3.25. The van der Waals surface area contributed by atoms with E-state index in [-0.39, 0.29) is 12.1 Å². The molecule has 0 aromatic rings. The zero-order valence-electron chi connectivity index (χ0n) is 12.3. The van der Waals surface area contributed by atoms with Gasteiger partial charge in [-0.3, -0.25) is 0 Å². The molecular weight excluding hydrogens is 224 g/mol. The summed E-state index contributed by atoms with van der Waals surface area (Å²) in [7, 11) is 2.21. The predicted octanol–water partition coefficient (Wildman–Crippen LogP) is 1.71. The number of hydrogen-bond acceptors (Lipinski definition) is 3. The van der Waals surface area contributed by atoms with Gasteiger partial charge in [0.05, 0.1) is 12.1 Å². The number of nitrogens with one attached hydrogen (secondary N) is 1. The van der Waals surface area contributed by atoms with Crippen molar-refractivity contribution in [3.05, 3.63) is 0 Å². The Balaban J connectivity index is 1.79. The molecule has 4 unspecified atom stereocenters. The van der Waals surface area contributed by atoms with E-state index in [2.05, 4.69) is 31.1 Å². The molecule has 18 heavy (non-hydrogen) atoms. The van der Waals surface area contributed by atoms with E-state index in [0.717, 1.165) is 30.8 Å². The molecule has 0 aromatic heterocycles. The van der Waals surface area contributed by atoms with Crippen LogP contribution in [0.25, 0.3) is 0 Å². The van der Waals surface area contributed by atoms with Gasteiger partial charge in [0.2, 0.25) is 0 Å². The van der Waals surface area contributed by atoms with Gasteiger partial charge in [0, 0.05) is 13.1 Å². The van der Waals surface area contributed by atoms with Crippen LogP contribution in [0.1, 0.15) is 39.5 Å². The van der Waals surface area contributed by atoms with E-state index in [9.17, 15) is 5.11 Å². The van der Waals surface area contributed by atoms with Gasteiger partial charge in [-0.05, 0) is 57.5 Å². The van der Waals surface area contributed by atoms with Crippen LogP contribution >= 0.6 is 0 Å². The highest BCUT2D eigenvalue weighted by atomic mass is 16.3. The van der Waals surface area contributed by atoms with Gasteiger partial charge in [0.25, 0.3) is 0 Å². The summed E-state index contributed by atoms with van der Waals surface area (Å²) in [5, 5.41) is 12.9. The highest BCUT2D eigenvalue weighted by molar-refractivity contribution is 4.92. The van der Waals surface area contributed by atoms with Crippen LogP contribution in [0.15, 0.2) is 0 Å². The summed E-state index contributed by atoms with van der Waals surface area (Å²) in [6.45, 7) is 7.49. The van der Waals surface area contributed by atoms with Crippen molar-refractivity contribution in [3.8, 4) is 0 Å². The third-order valence-corrected chi connectivity index (χ3v) is 5.00. The molecule has 106 valence electrons. The fourth-order valence-corrected chi connectivity index (χ4v) is 4.25. The van der Waals surface area contributed by atoms with Gasteiger partial charge in [-0.2, -0.15) is 0 Å². The lowest BCUT2D eigenvalue weighted by Gasteiger charge is -2.35. The molecule has 2 fully saturated rings. The fourth-order valence-electron chi connectivity index (χ4n) is 4.25. The Bertz CT molecular complexity index is 271. The van der Waals surface area contributed by atoms with Gasteiger partial charge in [0.15, 0.2) is 0 Å². The first-order valence-corrected chi connectivity index (χ1v) is 7.60. The molecule has 3 nitrogen and oxygen atoms in total. The highest BCUT2D eigenvalue weighted by Crippen LogP contribution is 2.48. The lowest BCUT2D eigenvalue weighted by Crippen LogP contribution is -2.53. The molecule has 2 aliphatic carbocycles. The Morgan fingerprint density at radius 3 is 2.61 bits per heavy atom. The zero-order chi connectivity index (χ0) is 13.2. The molecule has 2 N–H and O–H groups in total. The van der Waals surface area contributed by atoms with E-state index in [1.165, 1.54) is 32.2 Å². The Morgan fingerprint density at radius 2 is 2.11 bits per heavy atom. The van der Waals surface area contributed by atoms with Gasteiger partial charge in [0.1, 0.15) is 0 Å². The van der Waals surface area contributed by atoms with Gasteiger partial charge in [-0.1, -0.05) is 13.3 Å². The number of likely N-dealkylation sites (N-methyl/N-ethyl adjacent to an activating group) is 2. The lowest BCUT2D eigenvalue weighted by molar-refractivity contribution is 0.118. The van der Waals surface area contributed by atoms with Crippen LogP contribution < -0.4 is 5.32 Å². The van der Waals surface area contributed by atoms with E-state index in [1.807, 2.05) is 0 Å². The van der Waals surface area contributed by atoms with E-state index in [1.54, 1.807) is 0 Å². The molecule has 0 aliphatic heterocycles. The summed E-state index contributed by atoms with van der Waals surface area (Å²) in [6.07, 6.45) is 5.89. The van der Waals surface area contributed by atoms with Crippen molar-refractivity contribution in [2.75, 3.05) is 33.3 Å². The predicted molar refractivity (Wildman–Crippen MR) is 75.6 cm³/mol. The van der Waals surface area contributed by atoms with Crippen LogP contribution in [-0.2, 0) is 0 Å². The Labute approximate surface area is 112 Å². The molecule has 2 aliphatic rings. The molecule has 0 saturated heterocycles. The number of aliphatic hydroxyl groups excluding tert-OH is 1. The molecule has 2 bridgehead atoms. The van der Waals surface area contributed by atoms with Crippen molar-refractivity contribution < 1.29 is 5.11 Å². The number of hydrogen-bond donors (Lipinski definition) is 2. The van der Waals surface area contributed by atoms with Crippen molar-refractivity contribution in [3.63, 3.8) is 0 Å². The second-order valence-electron chi connectivity index (χ2n) is 6.88. The fraction of sp³-hybridized carbons (Fsp3) is 1.00. The van der Waals surface area contributed by atoms with Crippen molar-refractivity contribution in [2.45, 2.75) is 45.1 Å². The summed E-state index contributed by atoms with van der Waals surface area (Å²) in [5.41, 5.74) is -0.152. The second kappa shape index (κ2) is 5.89. The van der Waals surface area contributed by atoms with Crippen molar-refractivity contribution >= 4 is 0 Å². The molecule has 2 saturated carbocycles. The van der Waals surface area contributed by atoms with Crippen molar-refractivity contribution in [2.24, 2.45) is 17.8 Å². The van der Waals surface area contributed by atoms with Crippen LogP contribution in [-0.4, -0.2) is 48.8 Å². The molecule has 0 heterocycles. The van der Waals surface area contributed by atoms with Crippen molar-refractivity contribution in [1.29, 1.82) is 0 Å². The summed E-state index contributed by atoms with van der Waals surface area (Å²) in [6, 6.07) is 0. The number of nitrogens with zero attached hydrogens (tertiary/aromatic N) is 1. The summed E-state index contributed by atoms with van der Waals surface area (Å²) in [4.78, 5) is 2.42. The first kappa shape index (κ1) is 14.3. The van der Waals surface area contributed by atoms with E-state index >= 15 is 0 Å². The maximum atomic E-state index is 9.54. The maximum absolute atomic E-state index is 9.54. The zero-order valence-corrected chi connectivity index (χ0v) is 12.3. The minimum atomic E-state index is -0.152. The summed E-state index contributed by atoms with van der Waals surface area (Å²) in [5.74, 6) is 2.95. The van der Waals surface area contributed by atoms with Crippen LogP contribution in [0, 0.1) is 17.8 Å². The van der Waals surface area contributed by atoms with Crippen LogP contribution in [0.5, 0.6) is 0 Å². The van der Waals surface area contributed by atoms with Crippen LogP contribution in [0.3, 0.4) is 0 Å². The Hall–Kier alpha value is -0.120. The average molecular weight is 254 g/mol.